The molecule has 6 heteroatoms. The average molecular weight is 358 g/mol. The summed E-state index contributed by atoms with van der Waals surface area (Å²) >= 11 is 0. The van der Waals surface area contributed by atoms with E-state index in [9.17, 15) is 4.39 Å². The standard InChI is InChI=1S/C20H27FN4O/c1-26-16-4-2-14(3-5-16)19-17-6-10-22-11-7-18(17)23-20(24-19)25-12-8-15(21)9-13-25/h2,4,15,22H,3,5-13H2,1H3. The zero-order valence-corrected chi connectivity index (χ0v) is 15.4. The number of halogens is 1. The first-order chi connectivity index (χ1) is 12.7. The summed E-state index contributed by atoms with van der Waals surface area (Å²) in [5, 5.41) is 3.46. The van der Waals surface area contributed by atoms with E-state index in [1.807, 2.05) is 0 Å². The van der Waals surface area contributed by atoms with E-state index in [-0.39, 0.29) is 0 Å². The normalized spacial score (nSPS) is 21.5. The number of hydrogen-bond acceptors (Lipinski definition) is 5. The van der Waals surface area contributed by atoms with Gasteiger partial charge in [-0.2, -0.15) is 0 Å². The number of methoxy groups -OCH3 is 1. The van der Waals surface area contributed by atoms with Crippen LogP contribution in [0, 0.1) is 0 Å². The summed E-state index contributed by atoms with van der Waals surface area (Å²) in [5.41, 5.74) is 4.77. The highest BCUT2D eigenvalue weighted by Crippen LogP contribution is 2.32. The molecule has 4 rings (SSSR count). The molecular formula is C20H27FN4O. The van der Waals surface area contributed by atoms with Crippen LogP contribution in [-0.4, -0.2) is 49.4 Å². The Morgan fingerprint density at radius 1 is 1.08 bits per heavy atom. The van der Waals surface area contributed by atoms with E-state index < -0.39 is 6.17 Å². The van der Waals surface area contributed by atoms with Gasteiger partial charge in [0.05, 0.1) is 24.3 Å². The van der Waals surface area contributed by atoms with Gasteiger partial charge in [-0.25, -0.2) is 14.4 Å². The van der Waals surface area contributed by atoms with Crippen molar-refractivity contribution in [1.29, 1.82) is 0 Å². The van der Waals surface area contributed by atoms with Gasteiger partial charge >= 0.3 is 0 Å². The molecule has 0 aromatic carbocycles. The molecule has 1 fully saturated rings. The summed E-state index contributed by atoms with van der Waals surface area (Å²) in [7, 11) is 1.72. The maximum atomic E-state index is 13.5. The van der Waals surface area contributed by atoms with Crippen molar-refractivity contribution in [3.8, 4) is 0 Å². The van der Waals surface area contributed by atoms with Crippen LogP contribution in [0.5, 0.6) is 0 Å². The summed E-state index contributed by atoms with van der Waals surface area (Å²) in [6.07, 6.45) is 8.36. The molecule has 0 atom stereocenters. The number of piperidine rings is 1. The molecule has 26 heavy (non-hydrogen) atoms. The number of fused-ring (bicyclic) bond motifs is 1. The molecule has 0 amide bonds. The summed E-state index contributed by atoms with van der Waals surface area (Å²) in [5.74, 6) is 1.79. The fraction of sp³-hybridized carbons (Fsp3) is 0.600. The predicted molar refractivity (Wildman–Crippen MR) is 101 cm³/mol. The molecule has 1 aromatic heterocycles. The second kappa shape index (κ2) is 7.74. The number of allylic oxidation sites excluding steroid dienone is 4. The SMILES string of the molecule is COC1=CC=C(c2nc(N3CCC(F)CC3)nc3c2CCNCC3)CC1. The first kappa shape index (κ1) is 17.5. The molecule has 3 heterocycles. The van der Waals surface area contributed by atoms with E-state index in [2.05, 4.69) is 22.4 Å². The lowest BCUT2D eigenvalue weighted by Gasteiger charge is -2.30. The van der Waals surface area contributed by atoms with Crippen molar-refractivity contribution < 1.29 is 9.13 Å². The molecule has 140 valence electrons. The Morgan fingerprint density at radius 3 is 2.62 bits per heavy atom. The zero-order valence-electron chi connectivity index (χ0n) is 15.4. The molecule has 3 aliphatic rings. The van der Waals surface area contributed by atoms with Crippen molar-refractivity contribution in [1.82, 2.24) is 15.3 Å². The van der Waals surface area contributed by atoms with Crippen molar-refractivity contribution >= 4 is 11.5 Å². The summed E-state index contributed by atoms with van der Waals surface area (Å²) in [4.78, 5) is 12.0. The molecule has 0 saturated carbocycles. The highest BCUT2D eigenvalue weighted by atomic mass is 19.1. The summed E-state index contributed by atoms with van der Waals surface area (Å²) < 4.78 is 18.9. The van der Waals surface area contributed by atoms with Crippen LogP contribution in [0.1, 0.15) is 42.6 Å². The molecule has 0 radical (unpaired) electrons. The second-order valence-electron chi connectivity index (χ2n) is 7.24. The van der Waals surface area contributed by atoms with Gasteiger partial charge in [-0.3, -0.25) is 0 Å². The first-order valence-electron chi connectivity index (χ1n) is 9.68. The van der Waals surface area contributed by atoms with Crippen molar-refractivity contribution in [3.63, 3.8) is 0 Å². The molecule has 0 unspecified atom stereocenters. The Balaban J connectivity index is 1.72. The number of rotatable bonds is 3. The smallest absolute Gasteiger partial charge is 0.226 e. The maximum Gasteiger partial charge on any atom is 0.226 e. The van der Waals surface area contributed by atoms with Gasteiger partial charge in [-0.05, 0) is 43.9 Å². The van der Waals surface area contributed by atoms with Crippen molar-refractivity contribution in [2.75, 3.05) is 38.2 Å². The molecule has 0 spiro atoms. The molecule has 1 aromatic rings. The van der Waals surface area contributed by atoms with E-state index >= 15 is 0 Å². The van der Waals surface area contributed by atoms with E-state index in [0.717, 1.165) is 61.9 Å². The van der Waals surface area contributed by atoms with Crippen LogP contribution < -0.4 is 10.2 Å². The van der Waals surface area contributed by atoms with E-state index in [4.69, 9.17) is 14.7 Å². The third-order valence-electron chi connectivity index (χ3n) is 5.56. The third kappa shape index (κ3) is 3.61. The average Bonchev–Trinajstić information content (AvgIpc) is 2.93. The summed E-state index contributed by atoms with van der Waals surface area (Å²) in [6.45, 7) is 3.31. The monoisotopic (exact) mass is 358 g/mol. The number of hydrogen-bond donors (Lipinski definition) is 1. The van der Waals surface area contributed by atoms with Crippen LogP contribution >= 0.6 is 0 Å². The predicted octanol–water partition coefficient (Wildman–Crippen LogP) is 2.81. The Hall–Kier alpha value is -1.95. The van der Waals surface area contributed by atoms with E-state index in [0.29, 0.717) is 25.9 Å². The number of ether oxygens (including phenoxy) is 1. The molecular weight excluding hydrogens is 331 g/mol. The van der Waals surface area contributed by atoms with Crippen LogP contribution in [-0.2, 0) is 17.6 Å². The van der Waals surface area contributed by atoms with Gasteiger partial charge in [0.25, 0.3) is 0 Å². The maximum absolute atomic E-state index is 13.5. The molecule has 1 saturated heterocycles. The molecule has 0 bridgehead atoms. The Morgan fingerprint density at radius 2 is 1.88 bits per heavy atom. The lowest BCUT2D eigenvalue weighted by Crippen LogP contribution is -2.36. The third-order valence-corrected chi connectivity index (χ3v) is 5.56. The van der Waals surface area contributed by atoms with Crippen LogP contribution in [0.25, 0.3) is 5.57 Å². The Kier molecular flexibility index (Phi) is 5.20. The fourth-order valence-electron chi connectivity index (χ4n) is 3.97. The first-order valence-corrected chi connectivity index (χ1v) is 9.68. The van der Waals surface area contributed by atoms with E-state index in [1.54, 1.807) is 7.11 Å². The number of anilines is 1. The number of nitrogens with one attached hydrogen (secondary N) is 1. The van der Waals surface area contributed by atoms with Crippen LogP contribution in [0.4, 0.5) is 10.3 Å². The highest BCUT2D eigenvalue weighted by molar-refractivity contribution is 5.70. The minimum Gasteiger partial charge on any atom is -0.501 e. The minimum atomic E-state index is -0.686. The zero-order chi connectivity index (χ0) is 17.9. The number of alkyl halides is 1. The van der Waals surface area contributed by atoms with Gasteiger partial charge in [0.15, 0.2) is 0 Å². The summed E-state index contributed by atoms with van der Waals surface area (Å²) in [6, 6.07) is 0. The Bertz CT molecular complexity index is 723. The lowest BCUT2D eigenvalue weighted by molar-refractivity contribution is 0.276. The van der Waals surface area contributed by atoms with Crippen molar-refractivity contribution in [2.24, 2.45) is 0 Å². The van der Waals surface area contributed by atoms with Crippen LogP contribution in [0.15, 0.2) is 17.9 Å². The minimum absolute atomic E-state index is 0.569. The highest BCUT2D eigenvalue weighted by Gasteiger charge is 2.25. The lowest BCUT2D eigenvalue weighted by atomic mass is 9.95. The van der Waals surface area contributed by atoms with Gasteiger partial charge in [0.2, 0.25) is 5.95 Å². The largest absolute Gasteiger partial charge is 0.501 e. The topological polar surface area (TPSA) is 50.3 Å². The van der Waals surface area contributed by atoms with E-state index in [1.165, 1.54) is 11.1 Å². The van der Waals surface area contributed by atoms with Crippen LogP contribution in [0.2, 0.25) is 0 Å². The quantitative estimate of drug-likeness (QED) is 0.900. The number of aromatic nitrogens is 2. The van der Waals surface area contributed by atoms with Crippen LogP contribution in [0.3, 0.4) is 0 Å². The number of nitrogens with zero attached hydrogens (tertiary/aromatic N) is 3. The molecule has 2 aliphatic heterocycles. The molecule has 1 aliphatic carbocycles. The van der Waals surface area contributed by atoms with Gasteiger partial charge in [-0.15, -0.1) is 0 Å². The van der Waals surface area contributed by atoms with Gasteiger partial charge < -0.3 is 15.0 Å². The fourth-order valence-corrected chi connectivity index (χ4v) is 3.97. The second-order valence-corrected chi connectivity index (χ2v) is 7.24. The van der Waals surface area contributed by atoms with Crippen molar-refractivity contribution in [2.45, 2.75) is 44.7 Å². The van der Waals surface area contributed by atoms with Gasteiger partial charge in [0.1, 0.15) is 6.17 Å². The van der Waals surface area contributed by atoms with Gasteiger partial charge in [-0.1, -0.05) is 6.08 Å². The Labute approximate surface area is 154 Å². The molecule has 1 N–H and O–H groups in total. The van der Waals surface area contributed by atoms with Crippen molar-refractivity contribution in [3.05, 3.63) is 34.9 Å². The van der Waals surface area contributed by atoms with Gasteiger partial charge in [0, 0.05) is 38.0 Å². The molecule has 5 nitrogen and oxygen atoms in total.